The number of carbonyl (C=O) groups is 12. The number of nitrogens with one attached hydrogen (secondary N) is 8. The number of fused-ring (bicyclic) bond motifs is 3. The fraction of sp³-hybridized carbons (Fsp3) is 0.524. The zero-order valence-corrected chi connectivity index (χ0v) is 53.6. The van der Waals surface area contributed by atoms with Crippen molar-refractivity contribution in [2.45, 2.75) is 171 Å². The number of aromatic hydroxyl groups is 3. The minimum atomic E-state index is -2.52. The number of carbonyl (C=O) groups excluding carboxylic acids is 12. The number of phenols is 3. The lowest BCUT2D eigenvalue weighted by atomic mass is 9.72. The van der Waals surface area contributed by atoms with Gasteiger partial charge in [-0.2, -0.15) is 0 Å². The molecular weight excluding hydrogens is 1260 g/mol. The van der Waals surface area contributed by atoms with Gasteiger partial charge in [-0.3, -0.25) is 57.5 Å². The summed E-state index contributed by atoms with van der Waals surface area (Å²) in [6, 6.07) is -2.90. The Morgan fingerprint density at radius 1 is 0.698 bits per heavy atom. The molecule has 0 aromatic heterocycles. The predicted molar refractivity (Wildman–Crippen MR) is 333 cm³/mol. The van der Waals surface area contributed by atoms with Crippen LogP contribution in [-0.4, -0.2) is 217 Å². The molecule has 0 unspecified atom stereocenters. The normalized spacial score (nSPS) is 20.9. The van der Waals surface area contributed by atoms with Crippen molar-refractivity contribution in [1.29, 1.82) is 0 Å². The van der Waals surface area contributed by atoms with Gasteiger partial charge >= 0.3 is 0 Å². The summed E-state index contributed by atoms with van der Waals surface area (Å²) < 4.78 is 17.6. The average molecular weight is 1350 g/mol. The van der Waals surface area contributed by atoms with Crippen LogP contribution in [0.5, 0.6) is 23.0 Å². The Hall–Kier alpha value is -9.22. The lowest BCUT2D eigenvalue weighted by molar-refractivity contribution is -0.249. The van der Waals surface area contributed by atoms with Gasteiger partial charge in [-0.15, -0.1) is 0 Å². The van der Waals surface area contributed by atoms with E-state index in [2.05, 4.69) is 42.5 Å². The SMILES string of the molecule is COc1cccc2c1C(=O)c1c(O)c3c(c(O)c1C2=O)C[C@@](O)(C(=O)CO)C[C@@H]3O[C@H]1C[C@H](NC(=O)[C@H](CC(C)C)NC(=O)[C@H](CO)NC(=O)[C@@H](CCC(N)=O)NC(=O)[C@H](Cc2ccc(O)cc2)NC(=O)[C@H](CO)NC(=O)[C@H](C)NC(=O)[C@H](CCCN)NC(C)=O)[C@H](O)[C@H](C)O1. The van der Waals surface area contributed by atoms with Gasteiger partial charge < -0.3 is 109 Å². The first-order valence-electron chi connectivity index (χ1n) is 30.9. The van der Waals surface area contributed by atoms with Crippen LogP contribution in [0.3, 0.4) is 0 Å². The summed E-state index contributed by atoms with van der Waals surface area (Å²) in [6.07, 6.45) is -8.96. The van der Waals surface area contributed by atoms with Gasteiger partial charge in [-0.05, 0) is 75.8 Å². The van der Waals surface area contributed by atoms with E-state index in [-0.39, 0.29) is 65.5 Å². The third-order valence-corrected chi connectivity index (χ3v) is 16.5. The van der Waals surface area contributed by atoms with Gasteiger partial charge in [0.2, 0.25) is 58.9 Å². The van der Waals surface area contributed by atoms with Crippen LogP contribution in [-0.2, 0) is 70.3 Å². The van der Waals surface area contributed by atoms with Crippen LogP contribution in [0.1, 0.15) is 134 Å². The molecule has 1 heterocycles. The molecule has 0 radical (unpaired) electrons. The Labute approximate surface area is 550 Å². The number of ether oxygens (including phenoxy) is 3. The summed E-state index contributed by atoms with van der Waals surface area (Å²) in [4.78, 5) is 162. The molecule has 3 aromatic carbocycles. The van der Waals surface area contributed by atoms with E-state index in [4.69, 9.17) is 25.7 Å². The van der Waals surface area contributed by atoms with Crippen molar-refractivity contribution in [3.63, 3.8) is 0 Å². The third-order valence-electron chi connectivity index (χ3n) is 16.5. The molecule has 6 rings (SSSR count). The van der Waals surface area contributed by atoms with Crippen molar-refractivity contribution in [3.05, 3.63) is 81.4 Å². The number of phenolic OH excluding ortho intramolecular Hbond substituents is 3. The molecule has 20 N–H and O–H groups in total. The third kappa shape index (κ3) is 18.4. The number of methoxy groups -OCH3 is 1. The second-order valence-electron chi connectivity index (χ2n) is 24.2. The monoisotopic (exact) mass is 1350 g/mol. The maximum Gasteiger partial charge on any atom is 0.245 e. The Kier molecular flexibility index (Phi) is 26.4. The van der Waals surface area contributed by atoms with E-state index in [1.54, 1.807) is 13.8 Å². The lowest BCUT2D eigenvalue weighted by Gasteiger charge is -2.43. The molecule has 33 heteroatoms. The molecule has 1 fully saturated rings. The standard InChI is InChI=1S/C63H84N10O23/c1-27(2)19-38(59(89)69-37-21-46(95-29(4)51(37)81)96-43-23-63(93,44(79)26-76)22-34-48(43)55(85)50-49(53(34)83)52(82)33-9-7-11-42(94-6)47(33)54(50)84)70-62(92)41(25-75)73-58(88)36(16-17-45(65)80)68-60(90)39(20-31-12-14-32(78)15-13-31)71-61(91)40(24-74)72-56(86)28(3)66-57(87)35(10-8-18-64)67-30(5)77/h7,9,11-15,27-29,35-41,43,46,51,74-76,78,81,83,85,93H,8,10,16-26,64H2,1-6H3,(H2,65,80)(H,66,87)(H,67,77)(H,68,90)(H,69,89)(H,70,92)(H,71,91)(H,72,86)(H,73,88)/t28-,29-,35-,36+,37-,38-,39-,40-,41-,43-,46-,51+,63-/m0/s1. The van der Waals surface area contributed by atoms with Crippen LogP contribution in [0.4, 0.5) is 0 Å². The first-order valence-corrected chi connectivity index (χ1v) is 30.9. The summed E-state index contributed by atoms with van der Waals surface area (Å²) in [5.74, 6) is -14.1. The van der Waals surface area contributed by atoms with Crippen molar-refractivity contribution >= 4 is 70.5 Å². The molecule has 3 aliphatic rings. The highest BCUT2D eigenvalue weighted by Crippen LogP contribution is 2.52. The molecule has 2 aliphatic carbocycles. The summed E-state index contributed by atoms with van der Waals surface area (Å²) in [5, 5.41) is 107. The van der Waals surface area contributed by atoms with Gasteiger partial charge in [-0.1, -0.05) is 38.1 Å². The number of aliphatic hydroxyl groups excluding tert-OH is 4. The average Bonchev–Trinajstić information content (AvgIpc) is 0.712. The molecule has 1 aliphatic heterocycles. The zero-order chi connectivity index (χ0) is 71.2. The number of nitrogens with two attached hydrogens (primary N) is 2. The van der Waals surface area contributed by atoms with Crippen molar-refractivity contribution < 1.29 is 113 Å². The number of amides is 9. The Bertz CT molecular complexity index is 3440. The van der Waals surface area contributed by atoms with E-state index >= 15 is 0 Å². The second-order valence-corrected chi connectivity index (χ2v) is 24.2. The van der Waals surface area contributed by atoms with Gasteiger partial charge in [-0.25, -0.2) is 0 Å². The van der Waals surface area contributed by atoms with Crippen LogP contribution in [0.2, 0.25) is 0 Å². The fourth-order valence-corrected chi connectivity index (χ4v) is 11.5. The van der Waals surface area contributed by atoms with E-state index in [9.17, 15) is 98.4 Å². The van der Waals surface area contributed by atoms with Crippen molar-refractivity contribution in [1.82, 2.24) is 42.5 Å². The Morgan fingerprint density at radius 3 is 1.84 bits per heavy atom. The first-order chi connectivity index (χ1) is 45.3. The molecule has 3 aromatic rings. The maximum absolute atomic E-state index is 14.4. The van der Waals surface area contributed by atoms with E-state index in [0.29, 0.717) is 12.0 Å². The molecule has 9 amide bonds. The number of aliphatic hydroxyl groups is 5. The Morgan fingerprint density at radius 2 is 1.26 bits per heavy atom. The number of Topliss-reactive ketones (excluding diaryl/α,β-unsaturated/α-hetero) is 1. The minimum absolute atomic E-state index is 0.0297. The summed E-state index contributed by atoms with van der Waals surface area (Å²) in [6.45, 7) is 4.01. The van der Waals surface area contributed by atoms with Crippen LogP contribution < -0.4 is 58.7 Å². The molecule has 0 spiro atoms. The zero-order valence-electron chi connectivity index (χ0n) is 53.6. The molecule has 0 saturated carbocycles. The molecule has 0 bridgehead atoms. The quantitative estimate of drug-likeness (QED) is 0.0205. The van der Waals surface area contributed by atoms with E-state index in [1.807, 2.05) is 0 Å². The maximum atomic E-state index is 14.4. The van der Waals surface area contributed by atoms with Gasteiger partial charge in [0.25, 0.3) is 0 Å². The fourth-order valence-electron chi connectivity index (χ4n) is 11.5. The van der Waals surface area contributed by atoms with Crippen LogP contribution in [0.25, 0.3) is 0 Å². The van der Waals surface area contributed by atoms with Gasteiger partial charge in [0, 0.05) is 55.7 Å². The molecule has 1 saturated heterocycles. The van der Waals surface area contributed by atoms with E-state index in [0.717, 1.165) is 0 Å². The van der Waals surface area contributed by atoms with Crippen LogP contribution in [0.15, 0.2) is 42.5 Å². The number of hydrogen-bond acceptors (Lipinski definition) is 24. The number of hydrogen-bond donors (Lipinski definition) is 18. The number of rotatable bonds is 32. The minimum Gasteiger partial charge on any atom is -0.508 e. The lowest BCUT2D eigenvalue weighted by Crippen LogP contribution is -2.62. The first kappa shape index (κ1) is 75.8. The number of benzene rings is 3. The smallest absolute Gasteiger partial charge is 0.245 e. The highest BCUT2D eigenvalue weighted by atomic mass is 16.7. The van der Waals surface area contributed by atoms with E-state index in [1.165, 1.54) is 70.3 Å². The largest absolute Gasteiger partial charge is 0.508 e. The highest BCUT2D eigenvalue weighted by molar-refractivity contribution is 6.31. The Balaban J connectivity index is 1.18. The summed E-state index contributed by atoms with van der Waals surface area (Å²) in [7, 11) is 1.25. The number of ketones is 3. The highest BCUT2D eigenvalue weighted by Gasteiger charge is 2.51. The van der Waals surface area contributed by atoms with E-state index < -0.39 is 224 Å². The van der Waals surface area contributed by atoms with Crippen LogP contribution >= 0.6 is 0 Å². The predicted octanol–water partition coefficient (Wildman–Crippen LogP) is -4.42. The molecular formula is C63H84N10O23. The summed E-state index contributed by atoms with van der Waals surface area (Å²) >= 11 is 0. The van der Waals surface area contributed by atoms with Gasteiger partial charge in [0.05, 0.1) is 55.3 Å². The molecule has 33 nitrogen and oxygen atoms in total. The van der Waals surface area contributed by atoms with Crippen molar-refractivity contribution in [3.8, 4) is 23.0 Å². The van der Waals surface area contributed by atoms with Crippen LogP contribution in [0, 0.1) is 5.92 Å². The van der Waals surface area contributed by atoms with Gasteiger partial charge in [0.1, 0.15) is 83.6 Å². The summed E-state index contributed by atoms with van der Waals surface area (Å²) in [5.41, 5.74) is 6.39. The topological polar surface area (TPSA) is 543 Å². The molecule has 524 valence electrons. The van der Waals surface area contributed by atoms with Crippen molar-refractivity contribution in [2.75, 3.05) is 33.5 Å². The molecule has 13 atom stereocenters. The number of primary amides is 1. The van der Waals surface area contributed by atoms with Crippen molar-refractivity contribution in [2.24, 2.45) is 17.4 Å². The second kappa shape index (κ2) is 33.4. The molecule has 96 heavy (non-hydrogen) atoms. The van der Waals surface area contributed by atoms with Gasteiger partial charge in [0.15, 0.2) is 17.9 Å².